The van der Waals surface area contributed by atoms with Crippen molar-refractivity contribution in [2.75, 3.05) is 52.5 Å². The van der Waals surface area contributed by atoms with Gasteiger partial charge in [0, 0.05) is 31.7 Å². The predicted octanol–water partition coefficient (Wildman–Crippen LogP) is 2.56. The molecule has 0 atom stereocenters. The number of nitrogens with one attached hydrogen (secondary N) is 2. The molecule has 0 spiro atoms. The van der Waals surface area contributed by atoms with E-state index in [2.05, 4.69) is 47.6 Å². The van der Waals surface area contributed by atoms with E-state index in [0.717, 1.165) is 82.2 Å². The summed E-state index contributed by atoms with van der Waals surface area (Å²) >= 11 is 0. The minimum absolute atomic E-state index is 0.624. The Balaban J connectivity index is 1.48. The first-order valence-electron chi connectivity index (χ1n) is 10.8. The van der Waals surface area contributed by atoms with Crippen molar-refractivity contribution >= 4 is 5.96 Å². The van der Waals surface area contributed by atoms with Gasteiger partial charge in [0.25, 0.3) is 0 Å². The van der Waals surface area contributed by atoms with E-state index < -0.39 is 0 Å². The van der Waals surface area contributed by atoms with Gasteiger partial charge >= 0.3 is 0 Å². The van der Waals surface area contributed by atoms with Crippen LogP contribution in [0.3, 0.4) is 0 Å². The highest BCUT2D eigenvalue weighted by molar-refractivity contribution is 5.79. The summed E-state index contributed by atoms with van der Waals surface area (Å²) < 4.78 is 11.5. The smallest absolute Gasteiger partial charge is 0.191 e. The van der Waals surface area contributed by atoms with Gasteiger partial charge < -0.3 is 20.1 Å². The number of nitrogens with zero attached hydrogens (tertiary/aromatic N) is 2. The number of guanidine groups is 1. The minimum Gasteiger partial charge on any atom is -0.493 e. The second kappa shape index (κ2) is 11.3. The van der Waals surface area contributed by atoms with Crippen molar-refractivity contribution in [3.05, 3.63) is 29.3 Å². The fourth-order valence-corrected chi connectivity index (χ4v) is 3.26. The monoisotopic (exact) mass is 388 g/mol. The molecule has 0 aromatic heterocycles. The van der Waals surface area contributed by atoms with Crippen LogP contribution in [0.5, 0.6) is 5.75 Å². The van der Waals surface area contributed by atoms with Crippen molar-refractivity contribution in [3.63, 3.8) is 0 Å². The Kier molecular flexibility index (Phi) is 8.42. The Morgan fingerprint density at radius 3 is 2.82 bits per heavy atom. The van der Waals surface area contributed by atoms with Gasteiger partial charge in [-0.3, -0.25) is 4.90 Å². The van der Waals surface area contributed by atoms with Crippen LogP contribution < -0.4 is 15.4 Å². The van der Waals surface area contributed by atoms with Gasteiger partial charge in [-0.1, -0.05) is 12.1 Å². The van der Waals surface area contributed by atoms with E-state index in [1.165, 1.54) is 18.4 Å². The van der Waals surface area contributed by atoms with Crippen molar-refractivity contribution in [3.8, 4) is 5.75 Å². The van der Waals surface area contributed by atoms with Crippen molar-refractivity contribution in [2.45, 2.75) is 39.7 Å². The number of hydrogen-bond acceptors (Lipinski definition) is 4. The maximum Gasteiger partial charge on any atom is 0.191 e. The third-order valence-electron chi connectivity index (χ3n) is 5.19. The maximum atomic E-state index is 6.07. The molecule has 1 saturated heterocycles. The molecule has 3 rings (SSSR count). The number of aryl methyl sites for hydroxylation is 1. The molecule has 6 heteroatoms. The highest BCUT2D eigenvalue weighted by Crippen LogP contribution is 2.30. The number of morpholine rings is 1. The standard InChI is InChI=1S/C22H36N4O2/c1-3-23-22(24-9-4-10-26-11-13-27-14-12-26)25-16-20-8-5-18(2)15-21(20)28-17-19-6-7-19/h5,8,15,19H,3-4,6-7,9-14,16-17H2,1-2H3,(H2,23,24,25). The lowest BCUT2D eigenvalue weighted by Gasteiger charge is -2.26. The number of hydrogen-bond donors (Lipinski definition) is 2. The van der Waals surface area contributed by atoms with Gasteiger partial charge in [-0.25, -0.2) is 4.99 Å². The quantitative estimate of drug-likeness (QED) is 0.367. The zero-order valence-electron chi connectivity index (χ0n) is 17.5. The summed E-state index contributed by atoms with van der Waals surface area (Å²) in [6, 6.07) is 6.41. The minimum atomic E-state index is 0.624. The zero-order valence-corrected chi connectivity index (χ0v) is 17.5. The molecule has 1 aromatic carbocycles. The average Bonchev–Trinajstić information content (AvgIpc) is 3.54. The normalized spacial score (nSPS) is 18.1. The average molecular weight is 389 g/mol. The van der Waals surface area contributed by atoms with Gasteiger partial charge in [0.1, 0.15) is 5.75 Å². The van der Waals surface area contributed by atoms with Crippen LogP contribution in [0.2, 0.25) is 0 Å². The summed E-state index contributed by atoms with van der Waals surface area (Å²) in [5.74, 6) is 2.61. The van der Waals surface area contributed by atoms with Gasteiger partial charge in [-0.05, 0) is 57.2 Å². The highest BCUT2D eigenvalue weighted by atomic mass is 16.5. The van der Waals surface area contributed by atoms with Crippen LogP contribution in [0.25, 0.3) is 0 Å². The SMILES string of the molecule is CCNC(=NCc1ccc(C)cc1OCC1CC1)NCCCN1CCOCC1. The molecule has 0 bridgehead atoms. The first-order chi connectivity index (χ1) is 13.7. The fraction of sp³-hybridized carbons (Fsp3) is 0.682. The van der Waals surface area contributed by atoms with Gasteiger partial charge in [-0.15, -0.1) is 0 Å². The third-order valence-corrected chi connectivity index (χ3v) is 5.19. The molecule has 28 heavy (non-hydrogen) atoms. The van der Waals surface area contributed by atoms with Crippen molar-refractivity contribution in [2.24, 2.45) is 10.9 Å². The molecular formula is C22H36N4O2. The molecular weight excluding hydrogens is 352 g/mol. The number of rotatable bonds is 10. The van der Waals surface area contributed by atoms with Crippen LogP contribution in [-0.2, 0) is 11.3 Å². The second-order valence-electron chi connectivity index (χ2n) is 7.80. The summed E-state index contributed by atoms with van der Waals surface area (Å²) in [7, 11) is 0. The predicted molar refractivity (Wildman–Crippen MR) is 114 cm³/mol. The third kappa shape index (κ3) is 7.32. The van der Waals surface area contributed by atoms with Crippen molar-refractivity contribution in [1.29, 1.82) is 0 Å². The van der Waals surface area contributed by atoms with Gasteiger partial charge in [0.2, 0.25) is 0 Å². The lowest BCUT2D eigenvalue weighted by molar-refractivity contribution is 0.0376. The molecule has 1 heterocycles. The maximum absolute atomic E-state index is 6.07. The Morgan fingerprint density at radius 2 is 2.07 bits per heavy atom. The largest absolute Gasteiger partial charge is 0.493 e. The number of aliphatic imine (C=N–C) groups is 1. The molecule has 1 aliphatic carbocycles. The first kappa shape index (κ1) is 20.9. The molecule has 1 aliphatic heterocycles. The van der Waals surface area contributed by atoms with E-state index in [1.807, 2.05) is 0 Å². The topological polar surface area (TPSA) is 58.1 Å². The van der Waals surface area contributed by atoms with Gasteiger partial charge in [0.05, 0.1) is 26.4 Å². The molecule has 2 N–H and O–H groups in total. The lowest BCUT2D eigenvalue weighted by atomic mass is 10.1. The van der Waals surface area contributed by atoms with E-state index in [0.29, 0.717) is 6.54 Å². The van der Waals surface area contributed by atoms with Crippen molar-refractivity contribution < 1.29 is 9.47 Å². The molecule has 2 fully saturated rings. The van der Waals surface area contributed by atoms with Crippen LogP contribution >= 0.6 is 0 Å². The van der Waals surface area contributed by atoms with Crippen LogP contribution in [-0.4, -0.2) is 63.4 Å². The van der Waals surface area contributed by atoms with E-state index in [4.69, 9.17) is 14.5 Å². The Morgan fingerprint density at radius 1 is 1.25 bits per heavy atom. The molecule has 0 amide bonds. The molecule has 1 saturated carbocycles. The zero-order chi connectivity index (χ0) is 19.6. The molecule has 2 aliphatic rings. The second-order valence-corrected chi connectivity index (χ2v) is 7.80. The van der Waals surface area contributed by atoms with Crippen LogP contribution in [0.15, 0.2) is 23.2 Å². The molecule has 6 nitrogen and oxygen atoms in total. The summed E-state index contributed by atoms with van der Waals surface area (Å²) in [6.07, 6.45) is 3.71. The highest BCUT2D eigenvalue weighted by Gasteiger charge is 2.22. The van der Waals surface area contributed by atoms with Crippen LogP contribution in [0, 0.1) is 12.8 Å². The summed E-state index contributed by atoms with van der Waals surface area (Å²) in [5.41, 5.74) is 2.38. The van der Waals surface area contributed by atoms with E-state index in [1.54, 1.807) is 0 Å². The molecule has 0 radical (unpaired) electrons. The molecule has 0 unspecified atom stereocenters. The molecule has 1 aromatic rings. The Bertz CT molecular complexity index is 625. The van der Waals surface area contributed by atoms with Crippen LogP contribution in [0.1, 0.15) is 37.3 Å². The van der Waals surface area contributed by atoms with Crippen molar-refractivity contribution in [1.82, 2.24) is 15.5 Å². The first-order valence-corrected chi connectivity index (χ1v) is 10.8. The summed E-state index contributed by atoms with van der Waals surface area (Å²) in [4.78, 5) is 7.25. The molecule has 156 valence electrons. The fourth-order valence-electron chi connectivity index (χ4n) is 3.26. The van der Waals surface area contributed by atoms with Crippen LogP contribution in [0.4, 0.5) is 0 Å². The van der Waals surface area contributed by atoms with Gasteiger partial charge in [-0.2, -0.15) is 0 Å². The Hall–Kier alpha value is -1.79. The lowest BCUT2D eigenvalue weighted by Crippen LogP contribution is -2.40. The Labute approximate surface area is 169 Å². The summed E-state index contributed by atoms with van der Waals surface area (Å²) in [6.45, 7) is 12.4. The number of benzene rings is 1. The van der Waals surface area contributed by atoms with E-state index in [-0.39, 0.29) is 0 Å². The van der Waals surface area contributed by atoms with E-state index >= 15 is 0 Å². The summed E-state index contributed by atoms with van der Waals surface area (Å²) in [5, 5.41) is 6.81. The van der Waals surface area contributed by atoms with E-state index in [9.17, 15) is 0 Å². The number of ether oxygens (including phenoxy) is 2. The van der Waals surface area contributed by atoms with Gasteiger partial charge in [0.15, 0.2) is 5.96 Å².